The summed E-state index contributed by atoms with van der Waals surface area (Å²) in [4.78, 5) is 13.2. The second-order valence-electron chi connectivity index (χ2n) is 6.03. The molecule has 1 aliphatic rings. The number of pyridine rings is 1. The molecule has 0 bridgehead atoms. The molecule has 0 spiro atoms. The number of hydrogen-bond donors (Lipinski definition) is 3. The van der Waals surface area contributed by atoms with Crippen molar-refractivity contribution < 1.29 is 5.11 Å². The third-order valence-electron chi connectivity index (χ3n) is 3.90. The molecule has 0 amide bonds. The molecule has 132 valence electrons. The SMILES string of the molecule is Oc1c(Cl)cc(Nc2cc(-c3ccncc3)nc(NC3CC3)n2)cc1Cl. The molecule has 6 nitrogen and oxygen atoms in total. The van der Waals surface area contributed by atoms with E-state index in [0.29, 0.717) is 23.5 Å². The van der Waals surface area contributed by atoms with Crippen molar-refractivity contribution in [2.24, 2.45) is 0 Å². The number of aromatic nitrogens is 3. The Kier molecular flexibility index (Phi) is 4.53. The molecule has 2 heterocycles. The van der Waals surface area contributed by atoms with E-state index < -0.39 is 0 Å². The Morgan fingerprint density at radius 2 is 1.69 bits per heavy atom. The van der Waals surface area contributed by atoms with Gasteiger partial charge in [-0.1, -0.05) is 23.2 Å². The van der Waals surface area contributed by atoms with E-state index >= 15 is 0 Å². The largest absolute Gasteiger partial charge is 0.505 e. The zero-order valence-electron chi connectivity index (χ0n) is 13.6. The fourth-order valence-electron chi connectivity index (χ4n) is 2.44. The molecule has 8 heteroatoms. The number of benzene rings is 1. The molecule has 0 atom stereocenters. The normalized spacial score (nSPS) is 13.5. The topological polar surface area (TPSA) is 83.0 Å². The number of hydrogen-bond acceptors (Lipinski definition) is 6. The van der Waals surface area contributed by atoms with Gasteiger partial charge in [0.05, 0.1) is 15.7 Å². The van der Waals surface area contributed by atoms with Gasteiger partial charge in [0.1, 0.15) is 5.82 Å². The highest BCUT2D eigenvalue weighted by Gasteiger charge is 2.22. The molecule has 0 radical (unpaired) electrons. The van der Waals surface area contributed by atoms with Crippen LogP contribution in [0.2, 0.25) is 10.0 Å². The van der Waals surface area contributed by atoms with Gasteiger partial charge in [-0.2, -0.15) is 4.98 Å². The molecule has 1 saturated carbocycles. The Balaban J connectivity index is 1.70. The summed E-state index contributed by atoms with van der Waals surface area (Å²) in [7, 11) is 0. The van der Waals surface area contributed by atoms with Crippen LogP contribution in [0.4, 0.5) is 17.5 Å². The maximum atomic E-state index is 9.71. The van der Waals surface area contributed by atoms with Gasteiger partial charge < -0.3 is 15.7 Å². The van der Waals surface area contributed by atoms with Gasteiger partial charge in [-0.25, -0.2) is 4.98 Å². The van der Waals surface area contributed by atoms with E-state index in [-0.39, 0.29) is 15.8 Å². The van der Waals surface area contributed by atoms with Crippen LogP contribution in [0.1, 0.15) is 12.8 Å². The van der Waals surface area contributed by atoms with E-state index in [1.165, 1.54) is 0 Å². The highest BCUT2D eigenvalue weighted by Crippen LogP contribution is 2.36. The number of phenols is 1. The van der Waals surface area contributed by atoms with Crippen molar-refractivity contribution in [2.45, 2.75) is 18.9 Å². The maximum absolute atomic E-state index is 9.71. The van der Waals surface area contributed by atoms with Crippen LogP contribution in [0.15, 0.2) is 42.7 Å². The predicted molar refractivity (Wildman–Crippen MR) is 103 cm³/mol. The molecule has 1 aliphatic carbocycles. The summed E-state index contributed by atoms with van der Waals surface area (Å²) in [6, 6.07) is 9.22. The molecule has 3 aromatic rings. The van der Waals surface area contributed by atoms with Crippen LogP contribution >= 0.6 is 23.2 Å². The van der Waals surface area contributed by atoms with Crippen LogP contribution < -0.4 is 10.6 Å². The quantitative estimate of drug-likeness (QED) is 0.541. The fraction of sp³-hybridized carbons (Fsp3) is 0.167. The zero-order valence-corrected chi connectivity index (χ0v) is 15.1. The van der Waals surface area contributed by atoms with E-state index in [0.717, 1.165) is 24.1 Å². The molecule has 4 rings (SSSR count). The van der Waals surface area contributed by atoms with Crippen molar-refractivity contribution in [1.29, 1.82) is 0 Å². The van der Waals surface area contributed by atoms with Crippen molar-refractivity contribution in [2.75, 3.05) is 10.6 Å². The molecule has 3 N–H and O–H groups in total. The van der Waals surface area contributed by atoms with Gasteiger partial charge in [-0.05, 0) is 37.1 Å². The highest BCUT2D eigenvalue weighted by atomic mass is 35.5. The minimum atomic E-state index is -0.143. The van der Waals surface area contributed by atoms with Crippen molar-refractivity contribution in [3.63, 3.8) is 0 Å². The van der Waals surface area contributed by atoms with Gasteiger partial charge >= 0.3 is 0 Å². The molecule has 0 aliphatic heterocycles. The van der Waals surface area contributed by atoms with Gasteiger partial charge in [0.25, 0.3) is 0 Å². The van der Waals surface area contributed by atoms with Crippen LogP contribution in [0.5, 0.6) is 5.75 Å². The van der Waals surface area contributed by atoms with Crippen LogP contribution in [0.3, 0.4) is 0 Å². The van der Waals surface area contributed by atoms with Crippen LogP contribution in [0, 0.1) is 0 Å². The first-order valence-corrected chi connectivity index (χ1v) is 8.85. The van der Waals surface area contributed by atoms with Crippen molar-refractivity contribution in [1.82, 2.24) is 15.0 Å². The lowest BCUT2D eigenvalue weighted by Gasteiger charge is -2.12. The lowest BCUT2D eigenvalue weighted by molar-refractivity contribution is 0.476. The van der Waals surface area contributed by atoms with Gasteiger partial charge in [-0.15, -0.1) is 0 Å². The summed E-state index contributed by atoms with van der Waals surface area (Å²) in [5.41, 5.74) is 2.32. The van der Waals surface area contributed by atoms with Gasteiger partial charge in [-0.3, -0.25) is 4.98 Å². The summed E-state index contributed by atoms with van der Waals surface area (Å²) in [6.45, 7) is 0. The van der Waals surface area contributed by atoms with Crippen LogP contribution in [-0.4, -0.2) is 26.1 Å². The lowest BCUT2D eigenvalue weighted by Crippen LogP contribution is -2.07. The lowest BCUT2D eigenvalue weighted by atomic mass is 10.2. The van der Waals surface area contributed by atoms with Gasteiger partial charge in [0.2, 0.25) is 5.95 Å². The first-order chi connectivity index (χ1) is 12.6. The first-order valence-electron chi connectivity index (χ1n) is 8.09. The van der Waals surface area contributed by atoms with Crippen LogP contribution in [0.25, 0.3) is 11.3 Å². The van der Waals surface area contributed by atoms with E-state index in [1.54, 1.807) is 24.5 Å². The monoisotopic (exact) mass is 387 g/mol. The maximum Gasteiger partial charge on any atom is 0.225 e. The molecule has 1 fully saturated rings. The summed E-state index contributed by atoms with van der Waals surface area (Å²) in [5.74, 6) is 1.00. The number of aromatic hydroxyl groups is 1. The Morgan fingerprint density at radius 1 is 1.00 bits per heavy atom. The second kappa shape index (κ2) is 6.97. The average Bonchev–Trinajstić information content (AvgIpc) is 3.44. The standard InChI is InChI=1S/C18H15Cl2N5O/c19-13-7-12(8-14(20)17(13)26)22-16-9-15(10-3-5-21-6-4-10)24-18(25-16)23-11-1-2-11/h3-9,11,26H,1-2H2,(H2,22,23,24,25). The highest BCUT2D eigenvalue weighted by molar-refractivity contribution is 6.37. The zero-order chi connectivity index (χ0) is 18.1. The van der Waals surface area contributed by atoms with E-state index in [4.69, 9.17) is 23.2 Å². The van der Waals surface area contributed by atoms with E-state index in [2.05, 4.69) is 25.6 Å². The third kappa shape index (κ3) is 3.81. The van der Waals surface area contributed by atoms with E-state index in [9.17, 15) is 5.11 Å². The van der Waals surface area contributed by atoms with E-state index in [1.807, 2.05) is 18.2 Å². The number of rotatable bonds is 5. The predicted octanol–water partition coefficient (Wildman–Crippen LogP) is 4.87. The summed E-state index contributed by atoms with van der Waals surface area (Å²) in [5, 5.41) is 16.5. The molecule has 0 saturated heterocycles. The van der Waals surface area contributed by atoms with Crippen LogP contribution in [-0.2, 0) is 0 Å². The van der Waals surface area contributed by atoms with Gasteiger partial charge in [0, 0.05) is 35.8 Å². The number of nitrogens with zero attached hydrogens (tertiary/aromatic N) is 3. The molecular weight excluding hydrogens is 373 g/mol. The Morgan fingerprint density at radius 3 is 2.35 bits per heavy atom. The van der Waals surface area contributed by atoms with Crippen molar-refractivity contribution in [3.05, 3.63) is 52.8 Å². The molecule has 0 unspecified atom stereocenters. The number of halogens is 2. The molecule has 1 aromatic carbocycles. The van der Waals surface area contributed by atoms with Crippen molar-refractivity contribution >= 4 is 40.7 Å². The first kappa shape index (κ1) is 16.9. The van der Waals surface area contributed by atoms with Gasteiger partial charge in [0.15, 0.2) is 5.75 Å². The number of nitrogens with one attached hydrogen (secondary N) is 2. The Hall–Kier alpha value is -2.57. The second-order valence-corrected chi connectivity index (χ2v) is 6.84. The smallest absolute Gasteiger partial charge is 0.225 e. The third-order valence-corrected chi connectivity index (χ3v) is 4.48. The summed E-state index contributed by atoms with van der Waals surface area (Å²) < 4.78 is 0. The average molecular weight is 388 g/mol. The molecular formula is C18H15Cl2N5O. The Labute approximate surface area is 160 Å². The summed E-state index contributed by atoms with van der Waals surface area (Å²) >= 11 is 12.0. The molecule has 2 aromatic heterocycles. The minimum absolute atomic E-state index is 0.143. The Bertz CT molecular complexity index is 925. The summed E-state index contributed by atoms with van der Waals surface area (Å²) in [6.07, 6.45) is 5.68. The fourth-order valence-corrected chi connectivity index (χ4v) is 2.93. The molecule has 26 heavy (non-hydrogen) atoms. The minimum Gasteiger partial charge on any atom is -0.505 e. The van der Waals surface area contributed by atoms with Crippen molar-refractivity contribution in [3.8, 4) is 17.0 Å². The number of phenolic OH excluding ortho intramolecular Hbond substituents is 1. The number of anilines is 3.